The van der Waals surface area contributed by atoms with Crippen molar-refractivity contribution in [2.45, 2.75) is 83.9 Å². The first-order valence-electron chi connectivity index (χ1n) is 9.11. The summed E-state index contributed by atoms with van der Waals surface area (Å²) in [6.45, 7) is 18.4. The molecule has 0 aliphatic carbocycles. The van der Waals surface area contributed by atoms with Gasteiger partial charge in [0.2, 0.25) is 0 Å². The molecular weight excluding hydrogens is 362 g/mol. The Bertz CT molecular complexity index is 631. The van der Waals surface area contributed by atoms with Crippen molar-refractivity contribution in [3.8, 4) is 5.75 Å². The van der Waals surface area contributed by atoms with E-state index in [9.17, 15) is 9.66 Å². The van der Waals surface area contributed by atoms with Crippen LogP contribution in [0.25, 0.3) is 0 Å². The molecule has 0 fully saturated rings. The highest BCUT2D eigenvalue weighted by atomic mass is 32.2. The number of aliphatic hydroxyl groups excluding tert-OH is 1. The van der Waals surface area contributed by atoms with Crippen LogP contribution in [-0.2, 0) is 11.4 Å². The van der Waals surface area contributed by atoms with Crippen LogP contribution in [0.15, 0.2) is 28.7 Å². The van der Waals surface area contributed by atoms with Crippen LogP contribution >= 0.6 is 0 Å². The fourth-order valence-corrected chi connectivity index (χ4v) is 3.62. The summed E-state index contributed by atoms with van der Waals surface area (Å²) in [5.41, 5.74) is 1.44. The molecule has 1 unspecified atom stereocenters. The highest BCUT2D eigenvalue weighted by Gasteiger charge is 2.39. The van der Waals surface area contributed by atoms with Gasteiger partial charge < -0.3 is 14.1 Å². The van der Waals surface area contributed by atoms with E-state index in [0.29, 0.717) is 12.1 Å². The topological polar surface area (TPSA) is 64.9 Å². The van der Waals surface area contributed by atoms with Crippen molar-refractivity contribution >= 4 is 25.4 Å². The Balaban J connectivity index is 3.39. The van der Waals surface area contributed by atoms with E-state index in [0.717, 1.165) is 11.3 Å². The monoisotopic (exact) mass is 397 g/mol. The summed E-state index contributed by atoms with van der Waals surface area (Å²) >= 11 is -1.40. The molecular formula is C20H35NO3SSi. The minimum absolute atomic E-state index is 0.0654. The fourth-order valence-electron chi connectivity index (χ4n) is 1.94. The van der Waals surface area contributed by atoms with E-state index in [1.165, 1.54) is 0 Å². The molecule has 0 bridgehead atoms. The summed E-state index contributed by atoms with van der Waals surface area (Å²) in [7, 11) is -2.03. The lowest BCUT2D eigenvalue weighted by molar-refractivity contribution is 0.203. The molecule has 0 heterocycles. The highest BCUT2D eigenvalue weighted by molar-refractivity contribution is 7.91. The third kappa shape index (κ3) is 6.41. The third-order valence-corrected chi connectivity index (χ3v) is 10.4. The van der Waals surface area contributed by atoms with Crippen LogP contribution in [0.3, 0.4) is 0 Å². The van der Waals surface area contributed by atoms with Crippen molar-refractivity contribution in [3.05, 3.63) is 29.8 Å². The second-order valence-electron chi connectivity index (χ2n) is 9.31. The van der Waals surface area contributed by atoms with Crippen molar-refractivity contribution in [3.63, 3.8) is 0 Å². The molecule has 0 saturated heterocycles. The molecule has 0 amide bonds. The number of aliphatic hydroxyl groups is 1. The minimum atomic E-state index is -2.03. The van der Waals surface area contributed by atoms with Crippen LogP contribution in [-0.4, -0.2) is 34.5 Å². The summed E-state index contributed by atoms with van der Waals surface area (Å²) < 4.78 is 23.1. The number of para-hydroxylation sites is 1. The molecule has 1 N–H and O–H groups in total. The zero-order chi connectivity index (χ0) is 20.3. The van der Waals surface area contributed by atoms with E-state index in [-0.39, 0.29) is 5.04 Å². The van der Waals surface area contributed by atoms with E-state index in [4.69, 9.17) is 4.43 Å². The Morgan fingerprint density at radius 1 is 1.19 bits per heavy atom. The SMILES string of the molecule is C[C@H](O)CC(=N[S+]([O-])C(C)(C)C)c1ccccc1O[Si](C)(C)C(C)(C)C. The van der Waals surface area contributed by atoms with E-state index >= 15 is 0 Å². The molecule has 1 aromatic carbocycles. The first-order valence-corrected chi connectivity index (χ1v) is 13.1. The van der Waals surface area contributed by atoms with Crippen molar-refractivity contribution < 1.29 is 14.1 Å². The number of benzene rings is 1. The number of rotatable bonds is 6. The lowest BCUT2D eigenvalue weighted by Crippen LogP contribution is -2.44. The predicted molar refractivity (Wildman–Crippen MR) is 115 cm³/mol. The number of hydrogen-bond donors (Lipinski definition) is 1. The largest absolute Gasteiger partial charge is 0.591 e. The van der Waals surface area contributed by atoms with Gasteiger partial charge in [-0.2, -0.15) is 0 Å². The van der Waals surface area contributed by atoms with Gasteiger partial charge in [-0.3, -0.25) is 0 Å². The molecule has 2 atom stereocenters. The minimum Gasteiger partial charge on any atom is -0.591 e. The quantitative estimate of drug-likeness (QED) is 0.413. The van der Waals surface area contributed by atoms with Gasteiger partial charge in [0.25, 0.3) is 8.32 Å². The van der Waals surface area contributed by atoms with Gasteiger partial charge in [-0.1, -0.05) is 37.3 Å². The average Bonchev–Trinajstić information content (AvgIpc) is 2.44. The zero-order valence-electron chi connectivity index (χ0n) is 17.7. The van der Waals surface area contributed by atoms with Crippen LogP contribution in [0, 0.1) is 0 Å². The predicted octanol–water partition coefficient (Wildman–Crippen LogP) is 5.09. The molecule has 26 heavy (non-hydrogen) atoms. The summed E-state index contributed by atoms with van der Waals surface area (Å²) in [6.07, 6.45) is -0.244. The highest BCUT2D eigenvalue weighted by Crippen LogP contribution is 2.38. The molecule has 148 valence electrons. The summed E-state index contributed by atoms with van der Waals surface area (Å²) in [6, 6.07) is 7.73. The van der Waals surface area contributed by atoms with E-state index < -0.39 is 30.5 Å². The van der Waals surface area contributed by atoms with Crippen molar-refractivity contribution in [2.24, 2.45) is 4.40 Å². The molecule has 0 saturated carbocycles. The maximum absolute atomic E-state index is 12.6. The van der Waals surface area contributed by atoms with Crippen LogP contribution in [0.4, 0.5) is 0 Å². The third-order valence-electron chi connectivity index (χ3n) is 4.57. The molecule has 0 aromatic heterocycles. The molecule has 0 radical (unpaired) electrons. The zero-order valence-corrected chi connectivity index (χ0v) is 19.5. The van der Waals surface area contributed by atoms with E-state index in [1.807, 2.05) is 45.0 Å². The molecule has 1 aromatic rings. The Hall–Kier alpha value is -0.823. The van der Waals surface area contributed by atoms with Gasteiger partial charge in [0.05, 0.1) is 6.10 Å². The smallest absolute Gasteiger partial charge is 0.250 e. The normalized spacial score (nSPS) is 16.3. The summed E-state index contributed by atoms with van der Waals surface area (Å²) in [4.78, 5) is 0. The van der Waals surface area contributed by atoms with Gasteiger partial charge in [0, 0.05) is 12.0 Å². The van der Waals surface area contributed by atoms with E-state index in [2.05, 4.69) is 38.3 Å². The van der Waals surface area contributed by atoms with Crippen LogP contribution < -0.4 is 4.43 Å². The fraction of sp³-hybridized carbons (Fsp3) is 0.650. The molecule has 1 rings (SSSR count). The Morgan fingerprint density at radius 3 is 2.19 bits per heavy atom. The molecule has 6 heteroatoms. The van der Waals surface area contributed by atoms with Crippen LogP contribution in [0.2, 0.25) is 18.1 Å². The standard InChI is InChI=1S/C20H35NO3SSi/c1-15(22)14-17(21-25(23)19(2,3)4)16-12-10-11-13-18(16)24-26(8,9)20(5,6)7/h10-13,15,22H,14H2,1-9H3/t15-,25?/m0/s1. The van der Waals surface area contributed by atoms with Gasteiger partial charge in [-0.15, -0.1) is 0 Å². The van der Waals surface area contributed by atoms with Gasteiger partial charge in [-0.05, 0) is 58.0 Å². The Labute approximate surface area is 163 Å². The summed E-state index contributed by atoms with van der Waals surface area (Å²) in [5.74, 6) is 0.754. The van der Waals surface area contributed by atoms with Gasteiger partial charge in [0.15, 0.2) is 0 Å². The maximum atomic E-state index is 12.6. The van der Waals surface area contributed by atoms with E-state index in [1.54, 1.807) is 6.92 Å². The number of nitrogens with zero attached hydrogens (tertiary/aromatic N) is 1. The van der Waals surface area contributed by atoms with Gasteiger partial charge in [0.1, 0.15) is 27.6 Å². The van der Waals surface area contributed by atoms with Crippen molar-refractivity contribution in [2.75, 3.05) is 0 Å². The maximum Gasteiger partial charge on any atom is 0.250 e. The first-order chi connectivity index (χ1) is 11.6. The lowest BCUT2D eigenvalue weighted by atomic mass is 10.0. The molecule has 0 spiro atoms. The molecule has 0 aliphatic rings. The van der Waals surface area contributed by atoms with Crippen molar-refractivity contribution in [1.29, 1.82) is 0 Å². The molecule has 4 nitrogen and oxygen atoms in total. The Morgan fingerprint density at radius 2 is 1.73 bits per heavy atom. The summed E-state index contributed by atoms with van der Waals surface area (Å²) in [5, 5.41) is 10.0. The lowest BCUT2D eigenvalue weighted by Gasteiger charge is -2.37. The first kappa shape index (κ1) is 23.2. The second kappa shape index (κ2) is 8.46. The van der Waals surface area contributed by atoms with Gasteiger partial charge >= 0.3 is 0 Å². The molecule has 0 aliphatic heterocycles. The van der Waals surface area contributed by atoms with Crippen LogP contribution in [0.5, 0.6) is 5.75 Å². The number of hydrogen-bond acceptors (Lipinski definition) is 4. The van der Waals surface area contributed by atoms with Crippen molar-refractivity contribution in [1.82, 2.24) is 0 Å². The van der Waals surface area contributed by atoms with Crippen LogP contribution in [0.1, 0.15) is 60.5 Å². The van der Waals surface area contributed by atoms with Gasteiger partial charge in [-0.25, -0.2) is 0 Å². The average molecular weight is 398 g/mol. The second-order valence-corrected chi connectivity index (χ2v) is 15.9. The Kier molecular flexibility index (Phi) is 7.56.